The van der Waals surface area contributed by atoms with Crippen LogP contribution < -0.4 is 5.32 Å². The molecule has 122 valence electrons. The van der Waals surface area contributed by atoms with Crippen molar-refractivity contribution in [1.82, 2.24) is 10.2 Å². The summed E-state index contributed by atoms with van der Waals surface area (Å²) >= 11 is 0. The molecule has 1 rings (SSSR count). The molecule has 0 aliphatic carbocycles. The highest BCUT2D eigenvalue weighted by Crippen LogP contribution is 2.16. The average Bonchev–Trinajstić information content (AvgIpc) is 2.33. The van der Waals surface area contributed by atoms with Gasteiger partial charge < -0.3 is 14.8 Å². The van der Waals surface area contributed by atoms with Crippen molar-refractivity contribution < 1.29 is 32.2 Å². The summed E-state index contributed by atoms with van der Waals surface area (Å²) in [4.78, 5) is 24.0. The second-order valence-corrected chi connectivity index (χ2v) is 5.61. The summed E-state index contributed by atoms with van der Waals surface area (Å²) in [7, 11) is 0. The molecular formula is C12H19F3N2O4. The maximum absolute atomic E-state index is 12.1. The second kappa shape index (κ2) is 6.50. The van der Waals surface area contributed by atoms with Gasteiger partial charge in [0.15, 0.2) is 0 Å². The van der Waals surface area contributed by atoms with Gasteiger partial charge in [0.1, 0.15) is 5.60 Å². The number of morpholine rings is 1. The van der Waals surface area contributed by atoms with Crippen LogP contribution >= 0.6 is 0 Å². The fraction of sp³-hybridized carbons (Fsp3) is 0.833. The summed E-state index contributed by atoms with van der Waals surface area (Å²) in [6, 6.07) is -0.695. The molecule has 1 unspecified atom stereocenters. The molecule has 1 fully saturated rings. The quantitative estimate of drug-likeness (QED) is 0.834. The van der Waals surface area contributed by atoms with E-state index in [1.165, 1.54) is 4.90 Å². The SMILES string of the molecule is CC(C)(C)OC(=O)N1CCOCC1CNC(=O)C(F)(F)F. The van der Waals surface area contributed by atoms with Gasteiger partial charge in [-0.15, -0.1) is 0 Å². The molecule has 0 spiro atoms. The topological polar surface area (TPSA) is 67.9 Å². The summed E-state index contributed by atoms with van der Waals surface area (Å²) in [5, 5.41) is 1.75. The summed E-state index contributed by atoms with van der Waals surface area (Å²) < 4.78 is 46.7. The zero-order valence-electron chi connectivity index (χ0n) is 12.1. The standard InChI is InChI=1S/C12H19F3N2O4/c1-11(2,3)21-10(19)17-4-5-20-7-8(17)6-16-9(18)12(13,14)15/h8H,4-7H2,1-3H3,(H,16,18). The van der Waals surface area contributed by atoms with E-state index in [2.05, 4.69) is 0 Å². The Balaban J connectivity index is 2.61. The minimum atomic E-state index is -4.95. The summed E-state index contributed by atoms with van der Waals surface area (Å²) in [6.07, 6.45) is -5.59. The molecule has 1 saturated heterocycles. The highest BCUT2D eigenvalue weighted by atomic mass is 19.4. The first-order valence-corrected chi connectivity index (χ1v) is 6.43. The monoisotopic (exact) mass is 312 g/mol. The van der Waals surface area contributed by atoms with Gasteiger partial charge in [-0.3, -0.25) is 9.69 Å². The van der Waals surface area contributed by atoms with Crippen LogP contribution in [0.15, 0.2) is 0 Å². The van der Waals surface area contributed by atoms with E-state index in [1.807, 2.05) is 0 Å². The van der Waals surface area contributed by atoms with Crippen LogP contribution in [0.3, 0.4) is 0 Å². The highest BCUT2D eigenvalue weighted by molar-refractivity contribution is 5.81. The van der Waals surface area contributed by atoms with Gasteiger partial charge in [0.2, 0.25) is 0 Å². The van der Waals surface area contributed by atoms with E-state index in [-0.39, 0.29) is 26.3 Å². The number of nitrogens with one attached hydrogen (secondary N) is 1. The molecule has 1 heterocycles. The Morgan fingerprint density at radius 3 is 2.48 bits per heavy atom. The van der Waals surface area contributed by atoms with Gasteiger partial charge in [-0.1, -0.05) is 0 Å². The van der Waals surface area contributed by atoms with Crippen molar-refractivity contribution in [2.24, 2.45) is 0 Å². The Kier molecular flexibility index (Phi) is 5.43. The third-order valence-electron chi connectivity index (χ3n) is 2.61. The summed E-state index contributed by atoms with van der Waals surface area (Å²) in [6.45, 7) is 5.21. The van der Waals surface area contributed by atoms with Gasteiger partial charge in [0.25, 0.3) is 0 Å². The van der Waals surface area contributed by atoms with E-state index in [1.54, 1.807) is 26.1 Å². The Morgan fingerprint density at radius 1 is 1.33 bits per heavy atom. The van der Waals surface area contributed by atoms with E-state index in [4.69, 9.17) is 9.47 Å². The van der Waals surface area contributed by atoms with Crippen LogP contribution in [-0.4, -0.2) is 61.0 Å². The van der Waals surface area contributed by atoms with Gasteiger partial charge in [-0.2, -0.15) is 13.2 Å². The fourth-order valence-corrected chi connectivity index (χ4v) is 1.70. The summed E-state index contributed by atoms with van der Waals surface area (Å²) in [5.74, 6) is -2.04. The zero-order valence-corrected chi connectivity index (χ0v) is 12.1. The van der Waals surface area contributed by atoms with Gasteiger partial charge in [0, 0.05) is 13.1 Å². The maximum Gasteiger partial charge on any atom is 0.471 e. The van der Waals surface area contributed by atoms with Crippen LogP contribution in [0.4, 0.5) is 18.0 Å². The van der Waals surface area contributed by atoms with E-state index in [9.17, 15) is 22.8 Å². The molecule has 0 aromatic rings. The molecule has 2 amide bonds. The van der Waals surface area contributed by atoms with Gasteiger partial charge in [0.05, 0.1) is 19.3 Å². The van der Waals surface area contributed by atoms with Crippen molar-refractivity contribution >= 4 is 12.0 Å². The van der Waals surface area contributed by atoms with Crippen molar-refractivity contribution in [2.75, 3.05) is 26.3 Å². The van der Waals surface area contributed by atoms with Crippen LogP contribution in [0.5, 0.6) is 0 Å². The molecule has 21 heavy (non-hydrogen) atoms. The van der Waals surface area contributed by atoms with Crippen molar-refractivity contribution in [3.8, 4) is 0 Å². The predicted octanol–water partition coefficient (Wildman–Crippen LogP) is 1.30. The molecule has 0 aromatic carbocycles. The van der Waals surface area contributed by atoms with Crippen LogP contribution in [0.25, 0.3) is 0 Å². The van der Waals surface area contributed by atoms with Crippen molar-refractivity contribution in [3.05, 3.63) is 0 Å². The van der Waals surface area contributed by atoms with E-state index >= 15 is 0 Å². The number of hydrogen-bond acceptors (Lipinski definition) is 4. The van der Waals surface area contributed by atoms with Crippen molar-refractivity contribution in [1.29, 1.82) is 0 Å². The second-order valence-electron chi connectivity index (χ2n) is 5.61. The Bertz CT molecular complexity index is 393. The smallest absolute Gasteiger partial charge is 0.444 e. The lowest BCUT2D eigenvalue weighted by molar-refractivity contribution is -0.174. The minimum Gasteiger partial charge on any atom is -0.444 e. The number of hydrogen-bond donors (Lipinski definition) is 1. The van der Waals surface area contributed by atoms with Crippen molar-refractivity contribution in [3.63, 3.8) is 0 Å². The number of amides is 2. The molecule has 0 bridgehead atoms. The largest absolute Gasteiger partial charge is 0.471 e. The summed E-state index contributed by atoms with van der Waals surface area (Å²) in [5.41, 5.74) is -0.713. The van der Waals surface area contributed by atoms with Crippen LogP contribution in [0.2, 0.25) is 0 Å². The number of ether oxygens (including phenoxy) is 2. The number of alkyl halides is 3. The molecule has 6 nitrogen and oxygen atoms in total. The third-order valence-corrected chi connectivity index (χ3v) is 2.61. The fourth-order valence-electron chi connectivity index (χ4n) is 1.70. The normalized spacial score (nSPS) is 20.1. The van der Waals surface area contributed by atoms with Crippen LogP contribution in [0, 0.1) is 0 Å². The van der Waals surface area contributed by atoms with Gasteiger partial charge >= 0.3 is 18.2 Å². The molecule has 1 atom stereocenters. The number of carbonyl (C=O) groups is 2. The van der Waals surface area contributed by atoms with Gasteiger partial charge in [-0.25, -0.2) is 4.79 Å². The Morgan fingerprint density at radius 2 is 1.95 bits per heavy atom. The molecule has 0 aromatic heterocycles. The third kappa shape index (κ3) is 5.78. The molecular weight excluding hydrogens is 293 g/mol. The zero-order chi connectivity index (χ0) is 16.3. The number of nitrogens with zero attached hydrogens (tertiary/aromatic N) is 1. The van der Waals surface area contributed by atoms with Crippen molar-refractivity contribution in [2.45, 2.75) is 38.6 Å². The Hall–Kier alpha value is -1.51. The van der Waals surface area contributed by atoms with E-state index in [0.717, 1.165) is 0 Å². The first kappa shape index (κ1) is 17.5. The maximum atomic E-state index is 12.1. The molecule has 9 heteroatoms. The lowest BCUT2D eigenvalue weighted by Gasteiger charge is -2.36. The predicted molar refractivity (Wildman–Crippen MR) is 66.6 cm³/mol. The highest BCUT2D eigenvalue weighted by Gasteiger charge is 2.39. The minimum absolute atomic E-state index is 0.0391. The first-order valence-electron chi connectivity index (χ1n) is 6.43. The van der Waals surface area contributed by atoms with E-state index in [0.29, 0.717) is 0 Å². The molecule has 1 aliphatic rings. The average molecular weight is 312 g/mol. The lowest BCUT2D eigenvalue weighted by atomic mass is 10.2. The van der Waals surface area contributed by atoms with E-state index < -0.39 is 29.8 Å². The molecule has 0 radical (unpaired) electrons. The lowest BCUT2D eigenvalue weighted by Crippen LogP contribution is -2.55. The van der Waals surface area contributed by atoms with Gasteiger partial charge in [-0.05, 0) is 20.8 Å². The number of halogens is 3. The Labute approximate surface area is 120 Å². The van der Waals surface area contributed by atoms with Crippen LogP contribution in [-0.2, 0) is 14.3 Å². The number of carbonyl (C=O) groups excluding carboxylic acids is 2. The molecule has 1 aliphatic heterocycles. The molecule has 1 N–H and O–H groups in total. The number of rotatable bonds is 2. The van der Waals surface area contributed by atoms with Crippen LogP contribution in [0.1, 0.15) is 20.8 Å². The molecule has 0 saturated carbocycles. The first-order chi connectivity index (χ1) is 9.50.